The van der Waals surface area contributed by atoms with Crippen molar-refractivity contribution in [2.45, 2.75) is 18.0 Å². The van der Waals surface area contributed by atoms with Gasteiger partial charge in [-0.25, -0.2) is 17.8 Å². The predicted molar refractivity (Wildman–Crippen MR) is 74.2 cm³/mol. The van der Waals surface area contributed by atoms with Crippen LogP contribution in [-0.4, -0.2) is 34.4 Å². The van der Waals surface area contributed by atoms with Gasteiger partial charge in [0.25, 0.3) is 0 Å². The first-order chi connectivity index (χ1) is 9.86. The second-order valence-electron chi connectivity index (χ2n) is 4.63. The lowest BCUT2D eigenvalue weighted by Crippen LogP contribution is -2.28. The third kappa shape index (κ3) is 3.12. The van der Waals surface area contributed by atoms with Crippen LogP contribution < -0.4 is 0 Å². The molecule has 0 spiro atoms. The molecule has 0 aliphatic rings. The number of hydrogen-bond donors (Lipinski definition) is 1. The number of aromatic nitrogens is 2. The second-order valence-corrected chi connectivity index (χ2v) is 6.64. The van der Waals surface area contributed by atoms with Crippen molar-refractivity contribution in [1.29, 1.82) is 0 Å². The van der Waals surface area contributed by atoms with Crippen LogP contribution in [0, 0.1) is 5.82 Å². The second kappa shape index (κ2) is 5.92. The number of benzene rings is 1. The Balaban J connectivity index is 2.37. The molecule has 0 fully saturated rings. The van der Waals surface area contributed by atoms with Crippen LogP contribution in [0.15, 0.2) is 35.5 Å². The van der Waals surface area contributed by atoms with Gasteiger partial charge in [0.15, 0.2) is 0 Å². The minimum atomic E-state index is -3.92. The molecule has 1 aromatic carbocycles. The van der Waals surface area contributed by atoms with E-state index in [2.05, 4.69) is 4.98 Å². The molecule has 0 aliphatic heterocycles. The fourth-order valence-electron chi connectivity index (χ4n) is 1.90. The standard InChI is InChI=1S/C13H16FN3O3S/c1-16-6-5-15-13(16)8-17(2)21(19,20)12-7-11(14)4-3-10(12)9-18/h3-7,18H,8-9H2,1-2H3. The Morgan fingerprint density at radius 3 is 2.71 bits per heavy atom. The molecule has 0 unspecified atom stereocenters. The lowest BCUT2D eigenvalue weighted by molar-refractivity contribution is 0.278. The molecule has 1 aromatic heterocycles. The van der Waals surface area contributed by atoms with Crippen LogP contribution in [-0.2, 0) is 30.2 Å². The van der Waals surface area contributed by atoms with Crippen molar-refractivity contribution in [1.82, 2.24) is 13.9 Å². The minimum absolute atomic E-state index is 0.0488. The largest absolute Gasteiger partial charge is 0.392 e. The summed E-state index contributed by atoms with van der Waals surface area (Å²) < 4.78 is 41.1. The van der Waals surface area contributed by atoms with E-state index in [4.69, 9.17) is 0 Å². The van der Waals surface area contributed by atoms with E-state index < -0.39 is 22.4 Å². The zero-order valence-electron chi connectivity index (χ0n) is 11.7. The molecule has 0 atom stereocenters. The van der Waals surface area contributed by atoms with E-state index in [1.54, 1.807) is 24.0 Å². The molecule has 0 saturated carbocycles. The van der Waals surface area contributed by atoms with Gasteiger partial charge in [-0.1, -0.05) is 6.07 Å². The third-order valence-electron chi connectivity index (χ3n) is 3.17. The van der Waals surface area contributed by atoms with Crippen LogP contribution in [0.3, 0.4) is 0 Å². The molecule has 21 heavy (non-hydrogen) atoms. The summed E-state index contributed by atoms with van der Waals surface area (Å²) in [6.45, 7) is -0.432. The first-order valence-electron chi connectivity index (χ1n) is 6.18. The van der Waals surface area contributed by atoms with Gasteiger partial charge in [-0.2, -0.15) is 4.31 Å². The number of halogens is 1. The predicted octanol–water partition coefficient (Wildman–Crippen LogP) is 0.872. The molecule has 0 amide bonds. The Hall–Kier alpha value is -1.77. The number of nitrogens with zero attached hydrogens (tertiary/aromatic N) is 3. The number of aliphatic hydroxyl groups excluding tert-OH is 1. The monoisotopic (exact) mass is 313 g/mol. The Bertz CT molecular complexity index is 743. The van der Waals surface area contributed by atoms with E-state index in [1.165, 1.54) is 13.1 Å². The van der Waals surface area contributed by atoms with E-state index in [0.717, 1.165) is 16.4 Å². The highest BCUT2D eigenvalue weighted by Crippen LogP contribution is 2.22. The van der Waals surface area contributed by atoms with Crippen LogP contribution in [0.5, 0.6) is 0 Å². The molecule has 2 aromatic rings. The zero-order valence-corrected chi connectivity index (χ0v) is 12.5. The lowest BCUT2D eigenvalue weighted by atomic mass is 10.2. The Morgan fingerprint density at radius 2 is 2.14 bits per heavy atom. The highest BCUT2D eigenvalue weighted by Gasteiger charge is 2.25. The minimum Gasteiger partial charge on any atom is -0.392 e. The maximum Gasteiger partial charge on any atom is 0.243 e. The topological polar surface area (TPSA) is 75.4 Å². The fourth-order valence-corrected chi connectivity index (χ4v) is 3.25. The number of aryl methyl sites for hydroxylation is 1. The third-order valence-corrected chi connectivity index (χ3v) is 5.06. The van der Waals surface area contributed by atoms with Crippen molar-refractivity contribution in [2.24, 2.45) is 7.05 Å². The van der Waals surface area contributed by atoms with Crippen LogP contribution in [0.2, 0.25) is 0 Å². The average Bonchev–Trinajstić information content (AvgIpc) is 2.84. The fraction of sp³-hybridized carbons (Fsp3) is 0.308. The normalized spacial score (nSPS) is 12.0. The SMILES string of the molecule is CN(Cc1nccn1C)S(=O)(=O)c1cc(F)ccc1CO. The quantitative estimate of drug-likeness (QED) is 0.889. The van der Waals surface area contributed by atoms with Gasteiger partial charge in [0.2, 0.25) is 10.0 Å². The van der Waals surface area contributed by atoms with Gasteiger partial charge >= 0.3 is 0 Å². The molecule has 1 N–H and O–H groups in total. The number of aliphatic hydroxyl groups is 1. The van der Waals surface area contributed by atoms with Gasteiger partial charge in [0.05, 0.1) is 18.0 Å². The van der Waals surface area contributed by atoms with Crippen LogP contribution >= 0.6 is 0 Å². The molecule has 8 heteroatoms. The molecule has 2 rings (SSSR count). The maximum absolute atomic E-state index is 13.3. The van der Waals surface area contributed by atoms with E-state index >= 15 is 0 Å². The molecule has 1 heterocycles. The zero-order chi connectivity index (χ0) is 15.6. The summed E-state index contributed by atoms with van der Waals surface area (Å²) in [4.78, 5) is 3.82. The summed E-state index contributed by atoms with van der Waals surface area (Å²) in [6, 6.07) is 3.29. The van der Waals surface area contributed by atoms with Crippen molar-refractivity contribution in [3.63, 3.8) is 0 Å². The average molecular weight is 313 g/mol. The summed E-state index contributed by atoms with van der Waals surface area (Å²) in [7, 11) is -0.778. The van der Waals surface area contributed by atoms with Crippen molar-refractivity contribution < 1.29 is 17.9 Å². The summed E-state index contributed by atoms with van der Waals surface area (Å²) >= 11 is 0. The molecule has 0 radical (unpaired) electrons. The van der Waals surface area contributed by atoms with E-state index in [1.807, 2.05) is 0 Å². The van der Waals surface area contributed by atoms with Crippen LogP contribution in [0.4, 0.5) is 4.39 Å². The van der Waals surface area contributed by atoms with E-state index in [0.29, 0.717) is 5.82 Å². The van der Waals surface area contributed by atoms with Gasteiger partial charge in [0, 0.05) is 26.5 Å². The first-order valence-corrected chi connectivity index (χ1v) is 7.62. The molecule has 0 aliphatic carbocycles. The maximum atomic E-state index is 13.3. The number of hydrogen-bond acceptors (Lipinski definition) is 4. The van der Waals surface area contributed by atoms with Crippen LogP contribution in [0.25, 0.3) is 0 Å². The molecule has 0 saturated heterocycles. The van der Waals surface area contributed by atoms with Gasteiger partial charge < -0.3 is 9.67 Å². The Kier molecular flexibility index (Phi) is 4.40. The Labute approximate surface area is 122 Å². The molecular formula is C13H16FN3O3S. The van der Waals surface area contributed by atoms with Gasteiger partial charge in [-0.05, 0) is 17.7 Å². The highest BCUT2D eigenvalue weighted by atomic mass is 32.2. The van der Waals surface area contributed by atoms with Crippen molar-refractivity contribution in [3.8, 4) is 0 Å². The molecular weight excluding hydrogens is 297 g/mol. The van der Waals surface area contributed by atoms with Crippen LogP contribution in [0.1, 0.15) is 11.4 Å². The van der Waals surface area contributed by atoms with Crippen molar-refractivity contribution in [3.05, 3.63) is 47.8 Å². The van der Waals surface area contributed by atoms with Gasteiger partial charge in [-0.3, -0.25) is 0 Å². The summed E-state index contributed by atoms with van der Waals surface area (Å²) in [5.74, 6) is -0.112. The first kappa shape index (κ1) is 15.6. The molecule has 114 valence electrons. The van der Waals surface area contributed by atoms with E-state index in [-0.39, 0.29) is 17.0 Å². The summed E-state index contributed by atoms with van der Waals surface area (Å²) in [5.41, 5.74) is 0.156. The Morgan fingerprint density at radius 1 is 1.43 bits per heavy atom. The lowest BCUT2D eigenvalue weighted by Gasteiger charge is -2.18. The molecule has 6 nitrogen and oxygen atoms in total. The number of sulfonamides is 1. The van der Waals surface area contributed by atoms with Crippen molar-refractivity contribution >= 4 is 10.0 Å². The smallest absolute Gasteiger partial charge is 0.243 e. The van der Waals surface area contributed by atoms with Gasteiger partial charge in [-0.15, -0.1) is 0 Å². The van der Waals surface area contributed by atoms with E-state index in [9.17, 15) is 17.9 Å². The number of rotatable bonds is 5. The van der Waals surface area contributed by atoms with Gasteiger partial charge in [0.1, 0.15) is 11.6 Å². The summed E-state index contributed by atoms with van der Waals surface area (Å²) in [6.07, 6.45) is 3.27. The van der Waals surface area contributed by atoms with Crippen molar-refractivity contribution in [2.75, 3.05) is 7.05 Å². The summed E-state index contributed by atoms with van der Waals surface area (Å²) in [5, 5.41) is 9.23. The number of imidazole rings is 1. The highest BCUT2D eigenvalue weighted by molar-refractivity contribution is 7.89. The molecule has 0 bridgehead atoms.